The van der Waals surface area contributed by atoms with Crippen LogP contribution in [0.5, 0.6) is 0 Å². The summed E-state index contributed by atoms with van der Waals surface area (Å²) in [6.45, 7) is 9.12. The minimum absolute atomic E-state index is 0.158. The Morgan fingerprint density at radius 3 is 1.74 bits per heavy atom. The highest BCUT2D eigenvalue weighted by Gasteiger charge is 2.38. The summed E-state index contributed by atoms with van der Waals surface area (Å²) in [5.41, 5.74) is 2.11. The monoisotopic (exact) mass is 290 g/mol. The Labute approximate surface area is 118 Å². The van der Waals surface area contributed by atoms with Gasteiger partial charge in [0.15, 0.2) is 0 Å². The number of benzene rings is 1. The van der Waals surface area contributed by atoms with Gasteiger partial charge >= 0.3 is 6.18 Å². The van der Waals surface area contributed by atoms with Gasteiger partial charge in [0.25, 0.3) is 0 Å². The van der Waals surface area contributed by atoms with Crippen molar-refractivity contribution >= 4 is 12.6 Å². The van der Waals surface area contributed by atoms with Gasteiger partial charge in [-0.15, -0.1) is 12.6 Å². The summed E-state index contributed by atoms with van der Waals surface area (Å²) in [4.78, 5) is 0.476. The lowest BCUT2D eigenvalue weighted by atomic mass is 9.88. The van der Waals surface area contributed by atoms with Crippen LogP contribution in [0, 0.1) is 0 Å². The van der Waals surface area contributed by atoms with Gasteiger partial charge in [-0.25, -0.2) is 0 Å². The molecular weight excluding hydrogens is 269 g/mol. The van der Waals surface area contributed by atoms with E-state index in [1.54, 1.807) is 6.07 Å². The first-order chi connectivity index (χ1) is 8.55. The Morgan fingerprint density at radius 1 is 0.895 bits per heavy atom. The number of hydrogen-bond acceptors (Lipinski definition) is 1. The van der Waals surface area contributed by atoms with Crippen LogP contribution in [0.15, 0.2) is 17.0 Å². The molecule has 0 heterocycles. The van der Waals surface area contributed by atoms with Crippen molar-refractivity contribution in [1.29, 1.82) is 0 Å². The minimum atomic E-state index is -4.23. The quantitative estimate of drug-likeness (QED) is 0.659. The van der Waals surface area contributed by atoms with Gasteiger partial charge in [-0.1, -0.05) is 39.8 Å². The van der Waals surface area contributed by atoms with Crippen LogP contribution in [0.2, 0.25) is 0 Å². The molecule has 19 heavy (non-hydrogen) atoms. The average Bonchev–Trinajstić information content (AvgIpc) is 2.26. The Balaban J connectivity index is 3.46. The zero-order valence-corrected chi connectivity index (χ0v) is 12.9. The molecule has 0 amide bonds. The maximum atomic E-state index is 12.9. The SMILES string of the molecule is CC(C)c1cc(C(C)C)c(S)c(C(C)C(F)(F)F)c1. The highest BCUT2D eigenvalue weighted by molar-refractivity contribution is 7.80. The topological polar surface area (TPSA) is 0 Å². The van der Waals surface area contributed by atoms with Crippen LogP contribution in [0.3, 0.4) is 0 Å². The highest BCUT2D eigenvalue weighted by Crippen LogP contribution is 2.41. The summed E-state index contributed by atoms with van der Waals surface area (Å²) in [7, 11) is 0. The molecule has 0 spiro atoms. The number of halogens is 3. The third kappa shape index (κ3) is 3.68. The molecule has 0 N–H and O–H groups in total. The van der Waals surface area contributed by atoms with E-state index in [1.807, 2.05) is 33.8 Å². The van der Waals surface area contributed by atoms with E-state index in [2.05, 4.69) is 12.6 Å². The van der Waals surface area contributed by atoms with Crippen LogP contribution in [-0.2, 0) is 0 Å². The van der Waals surface area contributed by atoms with E-state index < -0.39 is 12.1 Å². The van der Waals surface area contributed by atoms with Crippen molar-refractivity contribution in [2.75, 3.05) is 0 Å². The Hall–Kier alpha value is -0.640. The van der Waals surface area contributed by atoms with Crippen molar-refractivity contribution in [3.8, 4) is 0 Å². The third-order valence-corrected chi connectivity index (χ3v) is 3.95. The van der Waals surface area contributed by atoms with Crippen molar-refractivity contribution in [3.63, 3.8) is 0 Å². The zero-order valence-electron chi connectivity index (χ0n) is 12.0. The van der Waals surface area contributed by atoms with Crippen molar-refractivity contribution in [2.45, 2.75) is 63.4 Å². The first kappa shape index (κ1) is 16.4. The third-order valence-electron chi connectivity index (χ3n) is 3.44. The second-order valence-electron chi connectivity index (χ2n) is 5.62. The summed E-state index contributed by atoms with van der Waals surface area (Å²) < 4.78 is 38.8. The molecule has 0 aliphatic carbocycles. The molecular formula is C15H21F3S. The largest absolute Gasteiger partial charge is 0.395 e. The van der Waals surface area contributed by atoms with Gasteiger partial charge < -0.3 is 0 Å². The van der Waals surface area contributed by atoms with Crippen LogP contribution in [0.4, 0.5) is 13.2 Å². The lowest BCUT2D eigenvalue weighted by Crippen LogP contribution is -2.19. The van der Waals surface area contributed by atoms with Crippen LogP contribution >= 0.6 is 12.6 Å². The van der Waals surface area contributed by atoms with Crippen molar-refractivity contribution < 1.29 is 13.2 Å². The molecule has 0 aliphatic rings. The fourth-order valence-corrected chi connectivity index (χ4v) is 2.56. The van der Waals surface area contributed by atoms with E-state index in [0.29, 0.717) is 4.90 Å². The summed E-state index contributed by atoms with van der Waals surface area (Å²) in [6.07, 6.45) is -4.23. The molecule has 1 atom stereocenters. The van der Waals surface area contributed by atoms with Crippen LogP contribution in [0.1, 0.15) is 69.1 Å². The van der Waals surface area contributed by atoms with Gasteiger partial charge in [0.05, 0.1) is 5.92 Å². The van der Waals surface area contributed by atoms with E-state index in [4.69, 9.17) is 0 Å². The van der Waals surface area contributed by atoms with Crippen molar-refractivity contribution in [1.82, 2.24) is 0 Å². The maximum absolute atomic E-state index is 12.9. The van der Waals surface area contributed by atoms with E-state index in [1.165, 1.54) is 6.92 Å². The fourth-order valence-electron chi connectivity index (χ4n) is 1.98. The fraction of sp³-hybridized carbons (Fsp3) is 0.600. The van der Waals surface area contributed by atoms with Gasteiger partial charge in [-0.3, -0.25) is 0 Å². The first-order valence-corrected chi connectivity index (χ1v) is 6.93. The predicted molar refractivity (Wildman–Crippen MR) is 76.3 cm³/mol. The molecule has 0 fully saturated rings. The molecule has 0 saturated carbocycles. The van der Waals surface area contributed by atoms with Gasteiger partial charge in [-0.05, 0) is 35.4 Å². The predicted octanol–water partition coefficient (Wildman–Crippen LogP) is 5.89. The first-order valence-electron chi connectivity index (χ1n) is 6.49. The van der Waals surface area contributed by atoms with E-state index in [-0.39, 0.29) is 17.4 Å². The lowest BCUT2D eigenvalue weighted by Gasteiger charge is -2.23. The Kier molecular flexibility index (Phi) is 4.99. The van der Waals surface area contributed by atoms with Crippen molar-refractivity contribution in [3.05, 3.63) is 28.8 Å². The van der Waals surface area contributed by atoms with E-state index in [9.17, 15) is 13.2 Å². The van der Waals surface area contributed by atoms with Crippen LogP contribution < -0.4 is 0 Å². The second-order valence-corrected chi connectivity index (χ2v) is 6.07. The normalized spacial score (nSPS) is 14.3. The molecule has 1 rings (SSSR count). The summed E-state index contributed by atoms with van der Waals surface area (Å²) >= 11 is 4.34. The van der Waals surface area contributed by atoms with Crippen LogP contribution in [0.25, 0.3) is 0 Å². The van der Waals surface area contributed by atoms with Gasteiger partial charge in [0, 0.05) is 4.90 Å². The summed E-state index contributed by atoms with van der Waals surface area (Å²) in [5.74, 6) is -1.13. The van der Waals surface area contributed by atoms with E-state index >= 15 is 0 Å². The molecule has 0 nitrogen and oxygen atoms in total. The molecule has 0 saturated heterocycles. The molecule has 1 unspecified atom stereocenters. The standard InChI is InChI=1S/C15H21F3S/c1-8(2)11-6-12(9(3)4)14(19)13(7-11)10(5)15(16,17)18/h6-10,19H,1-5H3. The summed E-state index contributed by atoms with van der Waals surface area (Å²) in [5, 5.41) is 0. The average molecular weight is 290 g/mol. The molecule has 1 aromatic rings. The molecule has 4 heteroatoms. The maximum Gasteiger partial charge on any atom is 0.395 e. The molecule has 108 valence electrons. The van der Waals surface area contributed by atoms with E-state index in [0.717, 1.165) is 11.1 Å². The molecule has 0 radical (unpaired) electrons. The Bertz CT molecular complexity index is 447. The van der Waals surface area contributed by atoms with Gasteiger partial charge in [0.1, 0.15) is 0 Å². The summed E-state index contributed by atoms with van der Waals surface area (Å²) in [6, 6.07) is 3.63. The minimum Gasteiger partial charge on any atom is -0.170 e. The highest BCUT2D eigenvalue weighted by atomic mass is 32.1. The number of thiol groups is 1. The number of rotatable bonds is 3. The molecule has 0 bridgehead atoms. The smallest absolute Gasteiger partial charge is 0.170 e. The second kappa shape index (κ2) is 5.78. The van der Waals surface area contributed by atoms with Crippen molar-refractivity contribution in [2.24, 2.45) is 0 Å². The molecule has 1 aromatic carbocycles. The van der Waals surface area contributed by atoms with Gasteiger partial charge in [0.2, 0.25) is 0 Å². The number of alkyl halides is 3. The molecule has 0 aromatic heterocycles. The zero-order chi connectivity index (χ0) is 15.0. The lowest BCUT2D eigenvalue weighted by molar-refractivity contribution is -0.146. The van der Waals surface area contributed by atoms with Crippen LogP contribution in [-0.4, -0.2) is 6.18 Å². The Morgan fingerprint density at radius 2 is 1.37 bits per heavy atom. The molecule has 0 aliphatic heterocycles. The van der Waals surface area contributed by atoms with Gasteiger partial charge in [-0.2, -0.15) is 13.2 Å². The number of hydrogen-bond donors (Lipinski definition) is 1.